The van der Waals surface area contributed by atoms with Crippen LogP contribution < -0.4 is 0 Å². The van der Waals surface area contributed by atoms with Crippen LogP contribution in [0.25, 0.3) is 11.6 Å². The minimum Gasteiger partial charge on any atom is -0.0798 e. The number of benzene rings is 2. The fraction of sp³-hybridized carbons (Fsp3) is 0.0588. The smallest absolute Gasteiger partial charge is 0.0187 e. The van der Waals surface area contributed by atoms with Crippen molar-refractivity contribution in [3.63, 3.8) is 0 Å². The molecule has 0 atom stereocenters. The van der Waals surface area contributed by atoms with Crippen molar-refractivity contribution >= 4 is 11.6 Å². The van der Waals surface area contributed by atoms with Crippen LogP contribution in [0.3, 0.4) is 0 Å². The Balaban J connectivity index is 2.20. The van der Waals surface area contributed by atoms with Gasteiger partial charge in [-0.1, -0.05) is 78.9 Å². The molecular weight excluding hydrogens is 204 g/mol. The molecule has 0 aliphatic heterocycles. The van der Waals surface area contributed by atoms with Crippen LogP contribution in [-0.2, 0) is 0 Å². The second kappa shape index (κ2) is 5.86. The normalized spacial score (nSPS) is 11.9. The highest BCUT2D eigenvalue weighted by Gasteiger charge is 1.94. The Labute approximate surface area is 103 Å². The Morgan fingerprint density at radius 3 is 2.00 bits per heavy atom. The summed E-state index contributed by atoms with van der Waals surface area (Å²) in [5.41, 5.74) is 3.72. The van der Waals surface area contributed by atoms with E-state index in [9.17, 15) is 0 Å². The third-order valence-corrected chi connectivity index (χ3v) is 2.67. The summed E-state index contributed by atoms with van der Waals surface area (Å²) in [4.78, 5) is 0. The number of hydrogen-bond donors (Lipinski definition) is 0. The van der Waals surface area contributed by atoms with Crippen molar-refractivity contribution < 1.29 is 0 Å². The predicted octanol–water partition coefficient (Wildman–Crippen LogP) is 4.80. The van der Waals surface area contributed by atoms with Crippen LogP contribution in [0.2, 0.25) is 0 Å². The third kappa shape index (κ3) is 3.18. The average Bonchev–Trinajstić information content (AvgIpc) is 2.42. The maximum absolute atomic E-state index is 2.16. The van der Waals surface area contributed by atoms with E-state index < -0.39 is 0 Å². The van der Waals surface area contributed by atoms with Gasteiger partial charge in [-0.05, 0) is 23.6 Å². The van der Waals surface area contributed by atoms with Gasteiger partial charge in [0.1, 0.15) is 0 Å². The lowest BCUT2D eigenvalue weighted by molar-refractivity contribution is 1.59. The summed E-state index contributed by atoms with van der Waals surface area (Å²) < 4.78 is 0. The molecule has 0 radical (unpaired) electrons. The summed E-state index contributed by atoms with van der Waals surface area (Å²) >= 11 is 0. The van der Waals surface area contributed by atoms with Gasteiger partial charge >= 0.3 is 0 Å². The summed E-state index contributed by atoms with van der Waals surface area (Å²) in [6, 6.07) is 20.8. The van der Waals surface area contributed by atoms with E-state index in [4.69, 9.17) is 0 Å². The average molecular weight is 220 g/mol. The van der Waals surface area contributed by atoms with Gasteiger partial charge in [-0.3, -0.25) is 0 Å². The maximum atomic E-state index is 2.16. The highest BCUT2D eigenvalue weighted by Crippen LogP contribution is 2.16. The molecule has 84 valence electrons. The van der Waals surface area contributed by atoms with Crippen LogP contribution in [0.15, 0.2) is 72.8 Å². The van der Waals surface area contributed by atoms with E-state index in [1.807, 2.05) is 12.1 Å². The largest absolute Gasteiger partial charge is 0.0798 e. The molecule has 0 bridgehead atoms. The highest BCUT2D eigenvalue weighted by atomic mass is 14.0. The van der Waals surface area contributed by atoms with Crippen molar-refractivity contribution in [2.24, 2.45) is 0 Å². The molecule has 0 nitrogen and oxygen atoms in total. The van der Waals surface area contributed by atoms with Crippen molar-refractivity contribution in [1.29, 1.82) is 0 Å². The Hall–Kier alpha value is -2.08. The predicted molar refractivity (Wildman–Crippen MR) is 75.6 cm³/mol. The summed E-state index contributed by atoms with van der Waals surface area (Å²) in [6.07, 6.45) is 6.43. The van der Waals surface area contributed by atoms with E-state index in [1.54, 1.807) is 0 Å². The molecule has 0 heteroatoms. The van der Waals surface area contributed by atoms with Gasteiger partial charge in [0.15, 0.2) is 0 Å². The Morgan fingerprint density at radius 2 is 1.41 bits per heavy atom. The molecule has 2 aromatic carbocycles. The van der Waals surface area contributed by atoms with Gasteiger partial charge in [0.25, 0.3) is 0 Å². The number of hydrogen-bond acceptors (Lipinski definition) is 0. The number of allylic oxidation sites excluding steroid dienone is 3. The van der Waals surface area contributed by atoms with E-state index in [2.05, 4.69) is 73.7 Å². The van der Waals surface area contributed by atoms with Crippen molar-refractivity contribution in [1.82, 2.24) is 0 Å². The summed E-state index contributed by atoms with van der Waals surface area (Å²) in [5, 5.41) is 0. The zero-order chi connectivity index (χ0) is 11.9. The minimum absolute atomic E-state index is 1.22. The first-order chi connectivity index (χ1) is 8.40. The zero-order valence-corrected chi connectivity index (χ0v) is 10.0. The van der Waals surface area contributed by atoms with Gasteiger partial charge in [0.05, 0.1) is 0 Å². The monoisotopic (exact) mass is 220 g/mol. The quantitative estimate of drug-likeness (QED) is 0.651. The molecule has 0 fully saturated rings. The van der Waals surface area contributed by atoms with Gasteiger partial charge < -0.3 is 0 Å². The molecule has 2 rings (SSSR count). The molecule has 0 saturated heterocycles. The Bertz CT molecular complexity index is 504. The second-order valence-corrected chi connectivity index (χ2v) is 3.85. The summed E-state index contributed by atoms with van der Waals surface area (Å²) in [6.45, 7) is 2.07. The van der Waals surface area contributed by atoms with E-state index >= 15 is 0 Å². The van der Waals surface area contributed by atoms with Crippen LogP contribution in [0, 0.1) is 0 Å². The van der Waals surface area contributed by atoms with E-state index in [0.29, 0.717) is 0 Å². The van der Waals surface area contributed by atoms with Crippen LogP contribution in [0.1, 0.15) is 18.1 Å². The molecule has 0 aliphatic carbocycles. The first-order valence-corrected chi connectivity index (χ1v) is 5.85. The highest BCUT2D eigenvalue weighted by molar-refractivity contribution is 5.78. The van der Waals surface area contributed by atoms with E-state index in [0.717, 1.165) is 0 Å². The van der Waals surface area contributed by atoms with Gasteiger partial charge in [-0.25, -0.2) is 0 Å². The minimum atomic E-state index is 1.22. The van der Waals surface area contributed by atoms with Crippen LogP contribution in [-0.4, -0.2) is 0 Å². The van der Waals surface area contributed by atoms with Gasteiger partial charge in [0.2, 0.25) is 0 Å². The second-order valence-electron chi connectivity index (χ2n) is 3.85. The number of rotatable bonds is 3. The molecule has 0 unspecified atom stereocenters. The molecule has 0 spiro atoms. The molecule has 17 heavy (non-hydrogen) atoms. The van der Waals surface area contributed by atoms with Crippen LogP contribution >= 0.6 is 0 Å². The lowest BCUT2D eigenvalue weighted by Gasteiger charge is -2.01. The van der Waals surface area contributed by atoms with Gasteiger partial charge in [0, 0.05) is 0 Å². The maximum Gasteiger partial charge on any atom is -0.0187 e. The van der Waals surface area contributed by atoms with Gasteiger partial charge in [-0.2, -0.15) is 0 Å². The summed E-state index contributed by atoms with van der Waals surface area (Å²) in [7, 11) is 0. The lowest BCUT2D eigenvalue weighted by atomic mass is 10.0. The van der Waals surface area contributed by atoms with Gasteiger partial charge in [-0.15, -0.1) is 0 Å². The summed E-state index contributed by atoms with van der Waals surface area (Å²) in [5.74, 6) is 0. The molecular formula is C17H16. The Morgan fingerprint density at radius 1 is 0.824 bits per heavy atom. The molecule has 0 saturated carbocycles. The fourth-order valence-electron chi connectivity index (χ4n) is 1.74. The molecule has 0 heterocycles. The van der Waals surface area contributed by atoms with Crippen LogP contribution in [0.5, 0.6) is 0 Å². The molecule has 2 aromatic rings. The Kier molecular flexibility index (Phi) is 3.93. The van der Waals surface area contributed by atoms with Crippen molar-refractivity contribution in [3.8, 4) is 0 Å². The molecule has 0 N–H and O–H groups in total. The topological polar surface area (TPSA) is 0 Å². The van der Waals surface area contributed by atoms with Crippen LogP contribution in [0.4, 0.5) is 0 Å². The fourth-order valence-corrected chi connectivity index (χ4v) is 1.74. The third-order valence-electron chi connectivity index (χ3n) is 2.67. The van der Waals surface area contributed by atoms with Crippen molar-refractivity contribution in [2.45, 2.75) is 6.92 Å². The first-order valence-electron chi connectivity index (χ1n) is 5.85. The standard InChI is InChI=1S/C17H16/c1-2-16(17-11-7-4-8-12-17)14-13-15-9-5-3-6-10-15/h2-14H,1H3/b14-13+,16-2-. The first kappa shape index (κ1) is 11.4. The SMILES string of the molecule is C/C=C(/C=C/c1ccccc1)c1ccccc1. The van der Waals surface area contributed by atoms with E-state index in [1.165, 1.54) is 16.7 Å². The molecule has 0 aromatic heterocycles. The van der Waals surface area contributed by atoms with E-state index in [-0.39, 0.29) is 0 Å². The molecule has 0 amide bonds. The lowest BCUT2D eigenvalue weighted by Crippen LogP contribution is -1.79. The van der Waals surface area contributed by atoms with Crippen molar-refractivity contribution in [3.05, 3.63) is 83.9 Å². The molecule has 0 aliphatic rings. The van der Waals surface area contributed by atoms with Crippen molar-refractivity contribution in [2.75, 3.05) is 0 Å². The zero-order valence-electron chi connectivity index (χ0n) is 10.0.